The van der Waals surface area contributed by atoms with Crippen LogP contribution < -0.4 is 10.2 Å². The monoisotopic (exact) mass is 354 g/mol. The van der Waals surface area contributed by atoms with E-state index >= 15 is 0 Å². The highest BCUT2D eigenvalue weighted by atomic mass is 32.1. The van der Waals surface area contributed by atoms with Gasteiger partial charge in [-0.3, -0.25) is 9.78 Å². The quantitative estimate of drug-likeness (QED) is 0.773. The zero-order chi connectivity index (χ0) is 17.1. The zero-order valence-corrected chi connectivity index (χ0v) is 14.4. The van der Waals surface area contributed by atoms with Gasteiger partial charge < -0.3 is 10.2 Å². The minimum absolute atomic E-state index is 0.0498. The Balaban J connectivity index is 1.29. The SMILES string of the molecule is O=C(NCC1CCN(c2cnccn2)CC1)c1ccc2nsnc2c1. The topological polar surface area (TPSA) is 83.9 Å². The molecule has 0 atom stereocenters. The van der Waals surface area contributed by atoms with Crippen LogP contribution in [0.1, 0.15) is 23.2 Å². The third-order valence-electron chi connectivity index (χ3n) is 4.56. The molecule has 0 spiro atoms. The summed E-state index contributed by atoms with van der Waals surface area (Å²) < 4.78 is 8.34. The molecule has 1 aromatic carbocycles. The minimum atomic E-state index is -0.0498. The summed E-state index contributed by atoms with van der Waals surface area (Å²) in [6, 6.07) is 5.44. The molecule has 7 nitrogen and oxygen atoms in total. The minimum Gasteiger partial charge on any atom is -0.355 e. The van der Waals surface area contributed by atoms with Crippen LogP contribution >= 0.6 is 11.7 Å². The number of hydrogen-bond donors (Lipinski definition) is 1. The van der Waals surface area contributed by atoms with E-state index in [1.165, 1.54) is 0 Å². The number of anilines is 1. The third-order valence-corrected chi connectivity index (χ3v) is 5.11. The third kappa shape index (κ3) is 3.58. The van der Waals surface area contributed by atoms with Crippen LogP contribution in [0.15, 0.2) is 36.8 Å². The van der Waals surface area contributed by atoms with Gasteiger partial charge >= 0.3 is 0 Å². The maximum atomic E-state index is 12.4. The van der Waals surface area contributed by atoms with Crippen molar-refractivity contribution in [2.24, 2.45) is 5.92 Å². The first-order chi connectivity index (χ1) is 12.3. The molecule has 1 amide bonds. The molecule has 1 aliphatic heterocycles. The Morgan fingerprint density at radius 1 is 1.20 bits per heavy atom. The molecule has 0 bridgehead atoms. The zero-order valence-electron chi connectivity index (χ0n) is 13.6. The van der Waals surface area contributed by atoms with Gasteiger partial charge in [-0.1, -0.05) is 0 Å². The van der Waals surface area contributed by atoms with Gasteiger partial charge in [0.25, 0.3) is 5.91 Å². The average Bonchev–Trinajstić information content (AvgIpc) is 3.15. The molecule has 25 heavy (non-hydrogen) atoms. The molecule has 0 aliphatic carbocycles. The highest BCUT2D eigenvalue weighted by Gasteiger charge is 2.21. The van der Waals surface area contributed by atoms with Crippen molar-refractivity contribution < 1.29 is 4.79 Å². The van der Waals surface area contributed by atoms with Gasteiger partial charge in [-0.25, -0.2) is 4.98 Å². The summed E-state index contributed by atoms with van der Waals surface area (Å²) in [6.45, 7) is 2.58. The second kappa shape index (κ2) is 7.10. The normalized spacial score (nSPS) is 15.4. The van der Waals surface area contributed by atoms with E-state index in [1.807, 2.05) is 6.07 Å². The van der Waals surface area contributed by atoms with Crippen molar-refractivity contribution in [3.63, 3.8) is 0 Å². The summed E-state index contributed by atoms with van der Waals surface area (Å²) in [7, 11) is 0. The molecule has 0 saturated carbocycles. The molecule has 1 aliphatic rings. The number of nitrogens with zero attached hydrogens (tertiary/aromatic N) is 5. The highest BCUT2D eigenvalue weighted by Crippen LogP contribution is 2.20. The molecule has 3 aromatic rings. The molecule has 3 heterocycles. The number of benzene rings is 1. The van der Waals surface area contributed by atoms with Gasteiger partial charge in [0.2, 0.25) is 0 Å². The summed E-state index contributed by atoms with van der Waals surface area (Å²) in [5.74, 6) is 1.36. The van der Waals surface area contributed by atoms with Gasteiger partial charge in [-0.2, -0.15) is 8.75 Å². The molecule has 128 valence electrons. The molecule has 1 N–H and O–H groups in total. The molecule has 4 rings (SSSR count). The van der Waals surface area contributed by atoms with E-state index in [-0.39, 0.29) is 5.91 Å². The molecule has 0 unspecified atom stereocenters. The second-order valence-electron chi connectivity index (χ2n) is 6.17. The van der Waals surface area contributed by atoms with Gasteiger partial charge in [0.1, 0.15) is 16.9 Å². The lowest BCUT2D eigenvalue weighted by Gasteiger charge is -2.32. The average molecular weight is 354 g/mol. The van der Waals surface area contributed by atoms with Crippen molar-refractivity contribution in [1.29, 1.82) is 0 Å². The van der Waals surface area contributed by atoms with Crippen LogP contribution in [0.25, 0.3) is 11.0 Å². The van der Waals surface area contributed by atoms with E-state index in [4.69, 9.17) is 0 Å². The van der Waals surface area contributed by atoms with Crippen LogP contribution in [-0.2, 0) is 0 Å². The van der Waals surface area contributed by atoms with Crippen molar-refractivity contribution in [3.8, 4) is 0 Å². The molecule has 0 radical (unpaired) electrons. The van der Waals surface area contributed by atoms with Crippen LogP contribution in [0.2, 0.25) is 0 Å². The summed E-state index contributed by atoms with van der Waals surface area (Å²) in [6.07, 6.45) is 7.27. The van der Waals surface area contributed by atoms with Crippen LogP contribution in [0.5, 0.6) is 0 Å². The summed E-state index contributed by atoms with van der Waals surface area (Å²) in [4.78, 5) is 23.1. The molecular weight excluding hydrogens is 336 g/mol. The molecule has 1 saturated heterocycles. The van der Waals surface area contributed by atoms with Crippen molar-refractivity contribution in [2.45, 2.75) is 12.8 Å². The van der Waals surface area contributed by atoms with Crippen LogP contribution in [0, 0.1) is 5.92 Å². The van der Waals surface area contributed by atoms with E-state index in [0.29, 0.717) is 18.0 Å². The predicted octanol–water partition coefficient (Wildman–Crippen LogP) is 2.13. The van der Waals surface area contributed by atoms with Gasteiger partial charge in [-0.05, 0) is 37.0 Å². The molecule has 2 aromatic heterocycles. The molecular formula is C17H18N6OS. The second-order valence-corrected chi connectivity index (χ2v) is 6.70. The summed E-state index contributed by atoms with van der Waals surface area (Å²) in [5.41, 5.74) is 2.24. The van der Waals surface area contributed by atoms with Gasteiger partial charge in [0.15, 0.2) is 0 Å². The first-order valence-electron chi connectivity index (χ1n) is 8.31. The van der Waals surface area contributed by atoms with Crippen LogP contribution in [-0.4, -0.2) is 44.3 Å². The van der Waals surface area contributed by atoms with E-state index in [0.717, 1.165) is 54.5 Å². The fourth-order valence-electron chi connectivity index (χ4n) is 3.08. The lowest BCUT2D eigenvalue weighted by atomic mass is 9.96. The predicted molar refractivity (Wildman–Crippen MR) is 96.7 cm³/mol. The number of carbonyl (C=O) groups is 1. The first-order valence-corrected chi connectivity index (χ1v) is 9.04. The van der Waals surface area contributed by atoms with Gasteiger partial charge in [0.05, 0.1) is 17.9 Å². The fraction of sp³-hybridized carbons (Fsp3) is 0.353. The van der Waals surface area contributed by atoms with Crippen molar-refractivity contribution >= 4 is 34.5 Å². The van der Waals surface area contributed by atoms with Crippen molar-refractivity contribution in [1.82, 2.24) is 24.0 Å². The number of amides is 1. The van der Waals surface area contributed by atoms with Crippen LogP contribution in [0.3, 0.4) is 0 Å². The molecule has 1 fully saturated rings. The summed E-state index contributed by atoms with van der Waals surface area (Å²) >= 11 is 1.16. The standard InChI is InChI=1S/C17H18N6OS/c24-17(13-1-2-14-15(9-13)22-25-21-14)20-10-12-3-7-23(8-4-12)16-11-18-5-6-19-16/h1-2,5-6,9,11-12H,3-4,7-8,10H2,(H,20,24). The van der Waals surface area contributed by atoms with E-state index in [1.54, 1.807) is 30.7 Å². The van der Waals surface area contributed by atoms with Gasteiger partial charge in [0, 0.05) is 37.6 Å². The number of nitrogens with one attached hydrogen (secondary N) is 1. The number of aromatic nitrogens is 4. The lowest BCUT2D eigenvalue weighted by Crippen LogP contribution is -2.39. The van der Waals surface area contributed by atoms with E-state index in [9.17, 15) is 4.79 Å². The van der Waals surface area contributed by atoms with Gasteiger partial charge in [-0.15, -0.1) is 0 Å². The Kier molecular flexibility index (Phi) is 4.51. The molecule has 8 heteroatoms. The number of piperidine rings is 1. The Labute approximate surface area is 149 Å². The maximum absolute atomic E-state index is 12.4. The van der Waals surface area contributed by atoms with E-state index in [2.05, 4.69) is 28.9 Å². The number of fused-ring (bicyclic) bond motifs is 1. The largest absolute Gasteiger partial charge is 0.355 e. The Morgan fingerprint density at radius 3 is 2.84 bits per heavy atom. The Morgan fingerprint density at radius 2 is 2.04 bits per heavy atom. The lowest BCUT2D eigenvalue weighted by molar-refractivity contribution is 0.0945. The fourth-order valence-corrected chi connectivity index (χ4v) is 3.60. The highest BCUT2D eigenvalue weighted by molar-refractivity contribution is 7.00. The van der Waals surface area contributed by atoms with Crippen molar-refractivity contribution in [2.75, 3.05) is 24.5 Å². The van der Waals surface area contributed by atoms with Crippen LogP contribution in [0.4, 0.5) is 5.82 Å². The number of carbonyl (C=O) groups excluding carboxylic acids is 1. The number of hydrogen-bond acceptors (Lipinski definition) is 7. The summed E-state index contributed by atoms with van der Waals surface area (Å²) in [5, 5.41) is 3.05. The maximum Gasteiger partial charge on any atom is 0.251 e. The Bertz CT molecular complexity index is 860. The van der Waals surface area contributed by atoms with Crippen molar-refractivity contribution in [3.05, 3.63) is 42.4 Å². The Hall–Kier alpha value is -2.61. The van der Waals surface area contributed by atoms with E-state index < -0.39 is 0 Å². The smallest absolute Gasteiger partial charge is 0.251 e. The number of rotatable bonds is 4. The first kappa shape index (κ1) is 15.9.